The van der Waals surface area contributed by atoms with Gasteiger partial charge in [0.2, 0.25) is 5.91 Å². The van der Waals surface area contributed by atoms with E-state index in [1.807, 2.05) is 41.8 Å². The third kappa shape index (κ3) is 5.12. The van der Waals surface area contributed by atoms with Crippen LogP contribution < -0.4 is 10.1 Å². The van der Waals surface area contributed by atoms with Crippen LogP contribution in [0.3, 0.4) is 0 Å². The molecule has 0 unspecified atom stereocenters. The molecule has 2 aromatic heterocycles. The Morgan fingerprint density at radius 3 is 2.74 bits per heavy atom. The Balaban J connectivity index is 1.34. The van der Waals surface area contributed by atoms with Gasteiger partial charge in [0.25, 0.3) is 11.1 Å². The van der Waals surface area contributed by atoms with Gasteiger partial charge < -0.3 is 14.5 Å². The van der Waals surface area contributed by atoms with Gasteiger partial charge in [-0.25, -0.2) is 4.98 Å². The van der Waals surface area contributed by atoms with Crippen LogP contribution >= 0.6 is 23.1 Å². The number of aromatic nitrogens is 3. The van der Waals surface area contributed by atoms with E-state index in [2.05, 4.69) is 39.6 Å². The minimum absolute atomic E-state index is 0.133. The number of aryl methyl sites for hydroxylation is 1. The minimum atomic E-state index is -0.190. The van der Waals surface area contributed by atoms with E-state index in [4.69, 9.17) is 9.15 Å². The zero-order valence-electron chi connectivity index (χ0n) is 17.0. The van der Waals surface area contributed by atoms with Crippen molar-refractivity contribution < 1.29 is 13.9 Å². The van der Waals surface area contributed by atoms with Gasteiger partial charge in [-0.15, -0.1) is 21.5 Å². The number of rotatable bonds is 8. The van der Waals surface area contributed by atoms with Gasteiger partial charge in [-0.2, -0.15) is 0 Å². The van der Waals surface area contributed by atoms with Crippen LogP contribution in [-0.2, 0) is 11.2 Å². The molecule has 0 saturated heterocycles. The highest BCUT2D eigenvalue weighted by Crippen LogP contribution is 2.30. The van der Waals surface area contributed by atoms with Crippen LogP contribution in [0.25, 0.3) is 22.7 Å². The zero-order valence-corrected chi connectivity index (χ0v) is 18.6. The van der Waals surface area contributed by atoms with E-state index in [1.54, 1.807) is 7.11 Å². The molecule has 0 saturated carbocycles. The Labute approximate surface area is 187 Å². The van der Waals surface area contributed by atoms with Crippen LogP contribution in [0, 0.1) is 0 Å². The minimum Gasteiger partial charge on any atom is -0.496 e. The van der Waals surface area contributed by atoms with E-state index >= 15 is 0 Å². The maximum absolute atomic E-state index is 12.3. The molecule has 0 aliphatic rings. The number of ether oxygens (including phenoxy) is 1. The molecule has 4 rings (SSSR count). The van der Waals surface area contributed by atoms with Crippen molar-refractivity contribution in [1.29, 1.82) is 0 Å². The van der Waals surface area contributed by atoms with Crippen LogP contribution in [0.2, 0.25) is 0 Å². The largest absolute Gasteiger partial charge is 0.496 e. The monoisotopic (exact) mass is 452 g/mol. The number of anilines is 1. The molecule has 2 heterocycles. The van der Waals surface area contributed by atoms with Gasteiger partial charge in [0.1, 0.15) is 5.75 Å². The Hall–Kier alpha value is -3.17. The van der Waals surface area contributed by atoms with E-state index in [1.165, 1.54) is 28.7 Å². The van der Waals surface area contributed by atoms with Crippen molar-refractivity contribution in [1.82, 2.24) is 15.2 Å². The first-order chi connectivity index (χ1) is 15.2. The smallest absolute Gasteiger partial charge is 0.277 e. The molecule has 0 aliphatic heterocycles. The lowest BCUT2D eigenvalue weighted by atomic mass is 10.1. The molecule has 0 aliphatic carbocycles. The molecule has 0 bridgehead atoms. The second-order valence-electron chi connectivity index (χ2n) is 6.50. The number of hydrogen-bond acceptors (Lipinski definition) is 8. The molecule has 1 amide bonds. The van der Waals surface area contributed by atoms with Gasteiger partial charge in [-0.05, 0) is 24.1 Å². The van der Waals surface area contributed by atoms with Gasteiger partial charge in [-0.3, -0.25) is 4.79 Å². The molecule has 31 heavy (non-hydrogen) atoms. The number of thioether (sulfide) groups is 1. The molecular formula is C22H20N4O3S2. The maximum Gasteiger partial charge on any atom is 0.277 e. The highest BCUT2D eigenvalue weighted by molar-refractivity contribution is 7.99. The maximum atomic E-state index is 12.3. The summed E-state index contributed by atoms with van der Waals surface area (Å²) < 4.78 is 11.0. The summed E-state index contributed by atoms with van der Waals surface area (Å²) in [7, 11) is 1.58. The van der Waals surface area contributed by atoms with Gasteiger partial charge in [0.15, 0.2) is 5.13 Å². The number of methoxy groups -OCH3 is 1. The van der Waals surface area contributed by atoms with Crippen LogP contribution in [0.15, 0.2) is 63.6 Å². The lowest BCUT2D eigenvalue weighted by molar-refractivity contribution is -0.113. The number of nitrogens with zero attached hydrogens (tertiary/aromatic N) is 3. The van der Waals surface area contributed by atoms with Crippen molar-refractivity contribution in [3.05, 3.63) is 59.5 Å². The normalized spacial score (nSPS) is 10.8. The predicted octanol–water partition coefficient (Wildman–Crippen LogP) is 5.16. The summed E-state index contributed by atoms with van der Waals surface area (Å²) in [6, 6.07) is 15.7. The molecule has 2 aromatic carbocycles. The summed E-state index contributed by atoms with van der Waals surface area (Å²) in [6.07, 6.45) is 0.997. The standard InChI is InChI=1S/C22H20N4O3S2/c1-3-14-8-10-15(11-9-14)17-12-30-21(23-17)24-19(27)13-31-22-26-25-20(29-22)16-6-4-5-7-18(16)28-2/h4-12H,3,13H2,1-2H3,(H,23,24,27). The van der Waals surface area contributed by atoms with E-state index < -0.39 is 0 Å². The lowest BCUT2D eigenvalue weighted by Gasteiger charge is -2.03. The third-order valence-electron chi connectivity index (χ3n) is 4.48. The van der Waals surface area contributed by atoms with Crippen molar-refractivity contribution in [3.8, 4) is 28.5 Å². The van der Waals surface area contributed by atoms with E-state index in [0.717, 1.165) is 17.7 Å². The summed E-state index contributed by atoms with van der Waals surface area (Å²) in [5.41, 5.74) is 3.85. The van der Waals surface area contributed by atoms with Gasteiger partial charge >= 0.3 is 0 Å². The average molecular weight is 453 g/mol. The second kappa shape index (κ2) is 9.76. The molecule has 1 N–H and O–H groups in total. The van der Waals surface area contributed by atoms with Crippen LogP contribution in [0.1, 0.15) is 12.5 Å². The molecule has 0 atom stereocenters. The first kappa shape index (κ1) is 21.1. The molecule has 0 radical (unpaired) electrons. The zero-order chi connectivity index (χ0) is 21.6. The van der Waals surface area contributed by atoms with Crippen LogP contribution in [0.4, 0.5) is 5.13 Å². The first-order valence-electron chi connectivity index (χ1n) is 9.60. The number of nitrogens with one attached hydrogen (secondary N) is 1. The summed E-state index contributed by atoms with van der Waals surface area (Å²) in [5, 5.41) is 13.7. The lowest BCUT2D eigenvalue weighted by Crippen LogP contribution is -2.13. The van der Waals surface area contributed by atoms with E-state index in [0.29, 0.717) is 27.6 Å². The van der Waals surface area contributed by atoms with E-state index in [9.17, 15) is 4.79 Å². The number of thiazole rings is 1. The Kier molecular flexibility index (Phi) is 6.63. The van der Waals surface area contributed by atoms with Crippen molar-refractivity contribution in [3.63, 3.8) is 0 Å². The molecule has 0 spiro atoms. The number of amides is 1. The van der Waals surface area contributed by atoms with Gasteiger partial charge in [0.05, 0.1) is 24.1 Å². The highest BCUT2D eigenvalue weighted by atomic mass is 32.2. The fourth-order valence-electron chi connectivity index (χ4n) is 2.86. The van der Waals surface area contributed by atoms with Crippen molar-refractivity contribution in [2.24, 2.45) is 0 Å². The molecule has 7 nitrogen and oxygen atoms in total. The van der Waals surface area contributed by atoms with Gasteiger partial charge in [-0.1, -0.05) is 55.1 Å². The number of hydrogen-bond donors (Lipinski definition) is 1. The highest BCUT2D eigenvalue weighted by Gasteiger charge is 2.15. The summed E-state index contributed by atoms with van der Waals surface area (Å²) >= 11 is 2.56. The molecule has 4 aromatic rings. The first-order valence-corrected chi connectivity index (χ1v) is 11.5. The van der Waals surface area contributed by atoms with Gasteiger partial charge in [0, 0.05) is 10.9 Å². The quantitative estimate of drug-likeness (QED) is 0.369. The third-order valence-corrected chi connectivity index (χ3v) is 6.06. The molecule has 0 fully saturated rings. The molecule has 9 heteroatoms. The Bertz CT molecular complexity index is 1170. The van der Waals surface area contributed by atoms with Crippen LogP contribution in [-0.4, -0.2) is 34.0 Å². The average Bonchev–Trinajstić information content (AvgIpc) is 3.47. The summed E-state index contributed by atoms with van der Waals surface area (Å²) in [5.74, 6) is 0.931. The Morgan fingerprint density at radius 1 is 1.16 bits per heavy atom. The summed E-state index contributed by atoms with van der Waals surface area (Å²) in [4.78, 5) is 16.8. The van der Waals surface area contributed by atoms with Crippen molar-refractivity contribution in [2.75, 3.05) is 18.2 Å². The number of benzene rings is 2. The second-order valence-corrected chi connectivity index (χ2v) is 8.28. The number of carbonyl (C=O) groups excluding carboxylic acids is 1. The van der Waals surface area contributed by atoms with Crippen molar-refractivity contribution >= 4 is 34.1 Å². The van der Waals surface area contributed by atoms with Crippen LogP contribution in [0.5, 0.6) is 5.75 Å². The fraction of sp³-hybridized carbons (Fsp3) is 0.182. The summed E-state index contributed by atoms with van der Waals surface area (Å²) in [6.45, 7) is 2.12. The SMILES string of the molecule is CCc1ccc(-c2csc(NC(=O)CSc3nnc(-c4ccccc4OC)o3)n2)cc1. The fourth-order valence-corrected chi connectivity index (χ4v) is 4.15. The topological polar surface area (TPSA) is 90.1 Å². The number of para-hydroxylation sites is 1. The van der Waals surface area contributed by atoms with E-state index in [-0.39, 0.29) is 11.7 Å². The molecule has 158 valence electrons. The molecular weight excluding hydrogens is 432 g/mol. The van der Waals surface area contributed by atoms with Crippen molar-refractivity contribution in [2.45, 2.75) is 18.6 Å². The predicted molar refractivity (Wildman–Crippen MR) is 123 cm³/mol. The number of carbonyl (C=O) groups is 1. The Morgan fingerprint density at radius 2 is 1.97 bits per heavy atom.